The third-order valence-electron chi connectivity index (χ3n) is 2.56. The maximum Gasteiger partial charge on any atom is 0.107 e. The summed E-state index contributed by atoms with van der Waals surface area (Å²) in [5, 5.41) is 0. The van der Waals surface area contributed by atoms with Crippen LogP contribution in [0.4, 0.5) is 0 Å². The highest BCUT2D eigenvalue weighted by Gasteiger charge is 2.26. The Bertz CT molecular complexity index is 368. The van der Waals surface area contributed by atoms with E-state index in [1.807, 2.05) is 0 Å². The summed E-state index contributed by atoms with van der Waals surface area (Å²) in [4.78, 5) is 14.4. The van der Waals surface area contributed by atoms with Crippen LogP contribution in [0.3, 0.4) is 0 Å². The number of hydrogen-bond acceptors (Lipinski definition) is 4. The Morgan fingerprint density at radius 2 is 1.56 bits per heavy atom. The number of H-pyrrole nitrogens is 2. The summed E-state index contributed by atoms with van der Waals surface area (Å²) in [6, 6.07) is 0. The summed E-state index contributed by atoms with van der Waals surface area (Å²) in [5.74, 6) is 1.69. The van der Waals surface area contributed by atoms with Crippen LogP contribution < -0.4 is 11.5 Å². The molecule has 2 heterocycles. The molecule has 0 aliphatic heterocycles. The van der Waals surface area contributed by atoms with Gasteiger partial charge in [-0.2, -0.15) is 0 Å². The highest BCUT2D eigenvalue weighted by molar-refractivity contribution is 5.04. The van der Waals surface area contributed by atoms with Crippen molar-refractivity contribution in [3.63, 3.8) is 0 Å². The number of hydrogen-bond donors (Lipinski definition) is 4. The second kappa shape index (κ2) is 4.46. The van der Waals surface area contributed by atoms with Gasteiger partial charge in [0.25, 0.3) is 0 Å². The largest absolute Gasteiger partial charge is 0.349 e. The number of rotatable bonds is 5. The van der Waals surface area contributed by atoms with E-state index in [1.54, 1.807) is 24.8 Å². The van der Waals surface area contributed by atoms with Crippen LogP contribution in [-0.4, -0.2) is 32.0 Å². The fourth-order valence-corrected chi connectivity index (χ4v) is 1.66. The van der Waals surface area contributed by atoms with Gasteiger partial charge in [-0.3, -0.25) is 0 Å². The lowest BCUT2D eigenvalue weighted by Gasteiger charge is -2.25. The topological polar surface area (TPSA) is 109 Å². The predicted octanol–water partition coefficient (Wildman–Crippen LogP) is -0.426. The first-order valence-corrected chi connectivity index (χ1v) is 5.17. The molecule has 2 rings (SSSR count). The van der Waals surface area contributed by atoms with Gasteiger partial charge >= 0.3 is 0 Å². The molecule has 0 bridgehead atoms. The van der Waals surface area contributed by atoms with Gasteiger partial charge in [0.05, 0.1) is 0 Å². The van der Waals surface area contributed by atoms with Crippen molar-refractivity contribution in [1.82, 2.24) is 19.9 Å². The highest BCUT2D eigenvalue weighted by atomic mass is 14.9. The van der Waals surface area contributed by atoms with Crippen molar-refractivity contribution in [2.75, 3.05) is 6.54 Å². The second-order valence-electron chi connectivity index (χ2n) is 3.99. The van der Waals surface area contributed by atoms with Crippen LogP contribution in [0.25, 0.3) is 0 Å². The van der Waals surface area contributed by atoms with E-state index < -0.39 is 5.54 Å². The molecule has 0 fully saturated rings. The molecule has 0 radical (unpaired) electrons. The van der Waals surface area contributed by atoms with Gasteiger partial charge in [-0.05, 0) is 0 Å². The zero-order valence-corrected chi connectivity index (χ0v) is 8.98. The molecule has 0 unspecified atom stereocenters. The van der Waals surface area contributed by atoms with Crippen molar-refractivity contribution in [1.29, 1.82) is 0 Å². The van der Waals surface area contributed by atoms with Crippen LogP contribution in [0, 0.1) is 0 Å². The first-order valence-electron chi connectivity index (χ1n) is 5.17. The predicted molar refractivity (Wildman–Crippen MR) is 60.6 cm³/mol. The van der Waals surface area contributed by atoms with Gasteiger partial charge in [0.2, 0.25) is 0 Å². The average molecular weight is 220 g/mol. The Kier molecular flexibility index (Phi) is 3.02. The van der Waals surface area contributed by atoms with E-state index in [1.165, 1.54) is 0 Å². The molecular weight excluding hydrogens is 204 g/mol. The number of aromatic nitrogens is 4. The summed E-state index contributed by atoms with van der Waals surface area (Å²) in [6.07, 6.45) is 8.19. The summed E-state index contributed by atoms with van der Waals surface area (Å²) < 4.78 is 0. The minimum Gasteiger partial charge on any atom is -0.349 e. The fraction of sp³-hybridized carbons (Fsp3) is 0.400. The van der Waals surface area contributed by atoms with Gasteiger partial charge < -0.3 is 21.4 Å². The van der Waals surface area contributed by atoms with Crippen molar-refractivity contribution >= 4 is 0 Å². The molecule has 6 nitrogen and oxygen atoms in total. The molecule has 0 aromatic carbocycles. The Morgan fingerprint density at radius 3 is 1.88 bits per heavy atom. The highest BCUT2D eigenvalue weighted by Crippen LogP contribution is 2.11. The molecule has 0 aliphatic rings. The van der Waals surface area contributed by atoms with E-state index in [-0.39, 0.29) is 0 Å². The zero-order chi connectivity index (χ0) is 11.4. The van der Waals surface area contributed by atoms with Crippen molar-refractivity contribution in [3.8, 4) is 0 Å². The van der Waals surface area contributed by atoms with Gasteiger partial charge in [-0.25, -0.2) is 9.97 Å². The number of nitrogens with zero attached hydrogens (tertiary/aromatic N) is 2. The number of nitrogens with one attached hydrogen (secondary N) is 2. The van der Waals surface area contributed by atoms with Crippen LogP contribution >= 0.6 is 0 Å². The maximum atomic E-state index is 6.23. The molecule has 16 heavy (non-hydrogen) atoms. The molecule has 2 aromatic rings. The van der Waals surface area contributed by atoms with Crippen molar-refractivity contribution in [2.45, 2.75) is 18.4 Å². The lowest BCUT2D eigenvalue weighted by molar-refractivity contribution is 0.414. The van der Waals surface area contributed by atoms with Gasteiger partial charge in [-0.1, -0.05) is 0 Å². The van der Waals surface area contributed by atoms with Gasteiger partial charge in [0.15, 0.2) is 0 Å². The number of imidazole rings is 2. The molecule has 0 saturated heterocycles. The number of nitrogens with two attached hydrogens (primary N) is 2. The van der Waals surface area contributed by atoms with E-state index >= 15 is 0 Å². The Hall–Kier alpha value is -1.66. The Balaban J connectivity index is 2.07. The van der Waals surface area contributed by atoms with E-state index in [9.17, 15) is 0 Å². The van der Waals surface area contributed by atoms with Crippen LogP contribution in [0.15, 0.2) is 24.8 Å². The SMILES string of the molecule is NCC(N)(Cc1ncc[nH]1)Cc1ncc[nH]1. The molecule has 6 N–H and O–H groups in total. The Labute approximate surface area is 93.5 Å². The monoisotopic (exact) mass is 220 g/mol. The summed E-state index contributed by atoms with van der Waals surface area (Å²) in [6.45, 7) is 0.383. The van der Waals surface area contributed by atoms with Crippen molar-refractivity contribution < 1.29 is 0 Å². The summed E-state index contributed by atoms with van der Waals surface area (Å²) in [7, 11) is 0. The molecule has 2 aromatic heterocycles. The van der Waals surface area contributed by atoms with Crippen LogP contribution in [0.2, 0.25) is 0 Å². The fourth-order valence-electron chi connectivity index (χ4n) is 1.66. The van der Waals surface area contributed by atoms with Crippen molar-refractivity contribution in [2.24, 2.45) is 11.5 Å². The molecular formula is C10H16N6. The van der Waals surface area contributed by atoms with Gasteiger partial charge in [0, 0.05) is 49.7 Å². The summed E-state index contributed by atoms with van der Waals surface area (Å²) >= 11 is 0. The lowest BCUT2D eigenvalue weighted by Crippen LogP contribution is -2.51. The van der Waals surface area contributed by atoms with Crippen LogP contribution in [0.5, 0.6) is 0 Å². The van der Waals surface area contributed by atoms with E-state index in [2.05, 4.69) is 19.9 Å². The second-order valence-corrected chi connectivity index (χ2v) is 3.99. The maximum absolute atomic E-state index is 6.23. The zero-order valence-electron chi connectivity index (χ0n) is 8.98. The third-order valence-corrected chi connectivity index (χ3v) is 2.56. The molecule has 0 saturated carbocycles. The quantitative estimate of drug-likeness (QED) is 0.548. The minimum atomic E-state index is -0.518. The van der Waals surface area contributed by atoms with E-state index in [0.717, 1.165) is 11.6 Å². The number of aromatic amines is 2. The van der Waals surface area contributed by atoms with Crippen molar-refractivity contribution in [3.05, 3.63) is 36.4 Å². The van der Waals surface area contributed by atoms with Gasteiger partial charge in [0.1, 0.15) is 11.6 Å². The van der Waals surface area contributed by atoms with E-state index in [4.69, 9.17) is 11.5 Å². The van der Waals surface area contributed by atoms with Crippen LogP contribution in [0.1, 0.15) is 11.6 Å². The Morgan fingerprint density at radius 1 is 1.06 bits per heavy atom. The third kappa shape index (κ3) is 2.47. The molecule has 6 heteroatoms. The molecule has 0 spiro atoms. The summed E-state index contributed by atoms with van der Waals surface area (Å²) in [5.41, 5.74) is 11.4. The normalized spacial score (nSPS) is 11.9. The molecule has 0 atom stereocenters. The molecule has 0 aliphatic carbocycles. The minimum absolute atomic E-state index is 0.383. The smallest absolute Gasteiger partial charge is 0.107 e. The molecule has 86 valence electrons. The van der Waals surface area contributed by atoms with E-state index in [0.29, 0.717) is 19.4 Å². The first kappa shape index (κ1) is 10.8. The average Bonchev–Trinajstić information content (AvgIpc) is 2.91. The first-order chi connectivity index (χ1) is 7.72. The lowest BCUT2D eigenvalue weighted by atomic mass is 9.92. The molecule has 0 amide bonds. The van der Waals surface area contributed by atoms with Crippen LogP contribution in [-0.2, 0) is 12.8 Å². The van der Waals surface area contributed by atoms with Gasteiger partial charge in [-0.15, -0.1) is 0 Å². The standard InChI is InChI=1S/C10H16N6/c11-7-10(12,5-8-13-1-2-14-8)6-9-15-3-4-16-9/h1-4H,5-7,11-12H2,(H,13,14)(H,15,16).